The molecule has 0 saturated heterocycles. The molecule has 2 aromatic rings. The van der Waals surface area contributed by atoms with Crippen molar-refractivity contribution < 1.29 is 4.79 Å². The Bertz CT molecular complexity index is 594. The first-order chi connectivity index (χ1) is 9.04. The van der Waals surface area contributed by atoms with E-state index in [1.165, 1.54) is 5.56 Å². The molecule has 0 spiro atoms. The molecule has 0 unspecified atom stereocenters. The first-order valence-electron chi connectivity index (χ1n) is 5.95. The zero-order valence-electron chi connectivity index (χ0n) is 10.6. The van der Waals surface area contributed by atoms with Crippen LogP contribution in [0.15, 0.2) is 46.9 Å². The van der Waals surface area contributed by atoms with E-state index in [0.717, 1.165) is 10.0 Å². The van der Waals surface area contributed by atoms with Crippen molar-refractivity contribution in [2.45, 2.75) is 13.3 Å². The number of carbonyl (C=O) groups is 1. The summed E-state index contributed by atoms with van der Waals surface area (Å²) >= 11 is 3.32. The molecule has 3 N–H and O–H groups in total. The molecule has 19 heavy (non-hydrogen) atoms. The molecule has 2 aromatic carbocycles. The van der Waals surface area contributed by atoms with Gasteiger partial charge < -0.3 is 11.1 Å². The monoisotopic (exact) mass is 318 g/mol. The van der Waals surface area contributed by atoms with Crippen LogP contribution in [-0.2, 0) is 11.2 Å². The van der Waals surface area contributed by atoms with Crippen LogP contribution in [0, 0.1) is 6.92 Å². The summed E-state index contributed by atoms with van der Waals surface area (Å²) in [5.74, 6) is -0.0504. The minimum Gasteiger partial charge on any atom is -0.398 e. The number of hydrogen-bond donors (Lipinski definition) is 2. The predicted molar refractivity (Wildman–Crippen MR) is 82.1 cm³/mol. The van der Waals surface area contributed by atoms with Crippen LogP contribution in [0.25, 0.3) is 0 Å². The lowest BCUT2D eigenvalue weighted by Crippen LogP contribution is -2.14. The topological polar surface area (TPSA) is 55.1 Å². The van der Waals surface area contributed by atoms with E-state index in [1.807, 2.05) is 43.3 Å². The molecule has 0 aliphatic rings. The number of benzene rings is 2. The van der Waals surface area contributed by atoms with Crippen molar-refractivity contribution in [2.24, 2.45) is 0 Å². The lowest BCUT2D eigenvalue weighted by atomic mass is 10.1. The van der Waals surface area contributed by atoms with Gasteiger partial charge in [0.1, 0.15) is 0 Å². The average molecular weight is 319 g/mol. The van der Waals surface area contributed by atoms with Gasteiger partial charge in [-0.2, -0.15) is 0 Å². The van der Waals surface area contributed by atoms with E-state index in [1.54, 1.807) is 6.07 Å². The number of aryl methyl sites for hydroxylation is 1. The van der Waals surface area contributed by atoms with Crippen molar-refractivity contribution in [1.82, 2.24) is 0 Å². The molecule has 0 aliphatic carbocycles. The Morgan fingerprint density at radius 3 is 2.53 bits per heavy atom. The van der Waals surface area contributed by atoms with Crippen LogP contribution in [0.1, 0.15) is 11.1 Å². The molecule has 0 saturated carbocycles. The first-order valence-corrected chi connectivity index (χ1v) is 6.74. The van der Waals surface area contributed by atoms with Gasteiger partial charge in [0.2, 0.25) is 5.91 Å². The number of amides is 1. The number of nitrogens with one attached hydrogen (secondary N) is 1. The van der Waals surface area contributed by atoms with Crippen molar-refractivity contribution in [3.05, 3.63) is 58.1 Å². The minimum absolute atomic E-state index is 0.0504. The largest absolute Gasteiger partial charge is 0.398 e. The van der Waals surface area contributed by atoms with Gasteiger partial charge in [-0.25, -0.2) is 0 Å². The summed E-state index contributed by atoms with van der Waals surface area (Å²) in [6, 6.07) is 13.3. The van der Waals surface area contributed by atoms with E-state index in [4.69, 9.17) is 5.73 Å². The maximum absolute atomic E-state index is 11.9. The normalized spacial score (nSPS) is 10.2. The molecular formula is C15H15BrN2O. The highest BCUT2D eigenvalue weighted by molar-refractivity contribution is 9.10. The fourth-order valence-corrected chi connectivity index (χ4v) is 1.96. The quantitative estimate of drug-likeness (QED) is 0.851. The number of nitrogen functional groups attached to an aromatic ring is 1. The standard InChI is InChI=1S/C15H15BrN2O/c1-10-2-4-11(5-3-10)8-15(19)18-12-6-7-13(16)14(17)9-12/h2-7,9H,8,17H2,1H3,(H,18,19). The third-order valence-electron chi connectivity index (χ3n) is 2.77. The lowest BCUT2D eigenvalue weighted by molar-refractivity contribution is -0.115. The maximum atomic E-state index is 11.9. The Morgan fingerprint density at radius 1 is 1.21 bits per heavy atom. The van der Waals surface area contributed by atoms with E-state index in [0.29, 0.717) is 17.8 Å². The van der Waals surface area contributed by atoms with Gasteiger partial charge in [-0.3, -0.25) is 4.79 Å². The molecule has 0 bridgehead atoms. The summed E-state index contributed by atoms with van der Waals surface area (Å²) in [5, 5.41) is 2.83. The second-order valence-electron chi connectivity index (χ2n) is 4.45. The molecule has 0 fully saturated rings. The van der Waals surface area contributed by atoms with Gasteiger partial charge in [0, 0.05) is 15.8 Å². The zero-order valence-corrected chi connectivity index (χ0v) is 12.2. The molecule has 4 heteroatoms. The molecule has 0 aliphatic heterocycles. The number of hydrogen-bond acceptors (Lipinski definition) is 2. The van der Waals surface area contributed by atoms with E-state index in [9.17, 15) is 4.79 Å². The van der Waals surface area contributed by atoms with Crippen LogP contribution in [0.2, 0.25) is 0 Å². The number of carbonyl (C=O) groups excluding carboxylic acids is 1. The number of rotatable bonds is 3. The van der Waals surface area contributed by atoms with Gasteiger partial charge >= 0.3 is 0 Å². The highest BCUT2D eigenvalue weighted by Gasteiger charge is 2.05. The highest BCUT2D eigenvalue weighted by atomic mass is 79.9. The first kappa shape index (κ1) is 13.6. The summed E-state index contributed by atoms with van der Waals surface area (Å²) in [4.78, 5) is 11.9. The van der Waals surface area contributed by atoms with Crippen LogP contribution >= 0.6 is 15.9 Å². The van der Waals surface area contributed by atoms with Crippen molar-refractivity contribution in [2.75, 3.05) is 11.1 Å². The van der Waals surface area contributed by atoms with E-state index in [2.05, 4.69) is 21.2 Å². The molecule has 0 radical (unpaired) electrons. The van der Waals surface area contributed by atoms with Gasteiger partial charge in [-0.1, -0.05) is 29.8 Å². The van der Waals surface area contributed by atoms with E-state index >= 15 is 0 Å². The van der Waals surface area contributed by atoms with Crippen LogP contribution in [0.5, 0.6) is 0 Å². The molecule has 2 rings (SSSR count). The van der Waals surface area contributed by atoms with Crippen LogP contribution in [-0.4, -0.2) is 5.91 Å². The Kier molecular flexibility index (Phi) is 4.22. The Balaban J connectivity index is 2.01. The number of nitrogens with two attached hydrogens (primary N) is 1. The van der Waals surface area contributed by atoms with Crippen molar-refractivity contribution in [3.63, 3.8) is 0 Å². The van der Waals surface area contributed by atoms with Gasteiger partial charge in [0.15, 0.2) is 0 Å². The zero-order chi connectivity index (χ0) is 13.8. The fourth-order valence-electron chi connectivity index (χ4n) is 1.72. The van der Waals surface area contributed by atoms with Gasteiger partial charge in [0.25, 0.3) is 0 Å². The molecular weight excluding hydrogens is 304 g/mol. The van der Waals surface area contributed by atoms with Crippen molar-refractivity contribution in [1.29, 1.82) is 0 Å². The summed E-state index contributed by atoms with van der Waals surface area (Å²) in [5.41, 5.74) is 9.26. The van der Waals surface area contributed by atoms with Crippen molar-refractivity contribution >= 4 is 33.2 Å². The van der Waals surface area contributed by atoms with Crippen LogP contribution < -0.4 is 11.1 Å². The summed E-state index contributed by atoms with van der Waals surface area (Å²) in [6.45, 7) is 2.02. The predicted octanol–water partition coefficient (Wildman–Crippen LogP) is 3.52. The third kappa shape index (κ3) is 3.83. The second-order valence-corrected chi connectivity index (χ2v) is 5.30. The lowest BCUT2D eigenvalue weighted by Gasteiger charge is -2.07. The Morgan fingerprint density at radius 2 is 1.89 bits per heavy atom. The third-order valence-corrected chi connectivity index (χ3v) is 3.49. The average Bonchev–Trinajstić information content (AvgIpc) is 2.37. The summed E-state index contributed by atoms with van der Waals surface area (Å²) in [6.07, 6.45) is 0.357. The molecule has 0 heterocycles. The molecule has 1 amide bonds. The van der Waals surface area contributed by atoms with Crippen LogP contribution in [0.3, 0.4) is 0 Å². The molecule has 0 atom stereocenters. The smallest absolute Gasteiger partial charge is 0.228 e. The van der Waals surface area contributed by atoms with Crippen molar-refractivity contribution in [3.8, 4) is 0 Å². The number of halogens is 1. The number of anilines is 2. The van der Waals surface area contributed by atoms with Gasteiger partial charge in [-0.05, 0) is 46.6 Å². The van der Waals surface area contributed by atoms with Gasteiger partial charge in [-0.15, -0.1) is 0 Å². The minimum atomic E-state index is -0.0504. The maximum Gasteiger partial charge on any atom is 0.228 e. The Labute approximate surface area is 121 Å². The highest BCUT2D eigenvalue weighted by Crippen LogP contribution is 2.23. The SMILES string of the molecule is Cc1ccc(CC(=O)Nc2ccc(Br)c(N)c2)cc1. The van der Waals surface area contributed by atoms with Crippen LogP contribution in [0.4, 0.5) is 11.4 Å². The fraction of sp³-hybridized carbons (Fsp3) is 0.133. The van der Waals surface area contributed by atoms with Gasteiger partial charge in [0.05, 0.1) is 6.42 Å². The molecule has 98 valence electrons. The summed E-state index contributed by atoms with van der Waals surface area (Å²) < 4.78 is 0.823. The summed E-state index contributed by atoms with van der Waals surface area (Å²) in [7, 11) is 0. The Hall–Kier alpha value is -1.81. The van der Waals surface area contributed by atoms with E-state index in [-0.39, 0.29) is 5.91 Å². The molecule has 3 nitrogen and oxygen atoms in total. The van der Waals surface area contributed by atoms with E-state index < -0.39 is 0 Å². The second kappa shape index (κ2) is 5.89. The molecule has 0 aromatic heterocycles.